The molecule has 2 heterocycles. The fourth-order valence-electron chi connectivity index (χ4n) is 4.32. The number of rotatable bonds is 6. The van der Waals surface area contributed by atoms with Crippen LogP contribution in [0.4, 0.5) is 16.4 Å². The number of hydrogen-bond acceptors (Lipinski definition) is 7. The van der Waals surface area contributed by atoms with E-state index < -0.39 is 0 Å². The second-order valence-corrected chi connectivity index (χ2v) is 9.00. The van der Waals surface area contributed by atoms with E-state index in [9.17, 15) is 20.2 Å². The molecule has 0 atom stereocenters. The van der Waals surface area contributed by atoms with Gasteiger partial charge in [0.2, 0.25) is 5.91 Å². The van der Waals surface area contributed by atoms with Crippen molar-refractivity contribution in [2.75, 3.05) is 42.9 Å². The number of para-hydroxylation sites is 2. The van der Waals surface area contributed by atoms with Gasteiger partial charge in [0.15, 0.2) is 0 Å². The summed E-state index contributed by atoms with van der Waals surface area (Å²) in [7, 11) is 0. The van der Waals surface area contributed by atoms with Crippen molar-refractivity contribution in [3.05, 3.63) is 50.4 Å². The van der Waals surface area contributed by atoms with Gasteiger partial charge in [0.25, 0.3) is 5.69 Å². The maximum absolute atomic E-state index is 12.5. The summed E-state index contributed by atoms with van der Waals surface area (Å²) < 4.78 is 0. The molecule has 0 saturated carbocycles. The number of nitro groups is 1. The average molecular weight is 440 g/mol. The van der Waals surface area contributed by atoms with Crippen LogP contribution in [0, 0.1) is 21.4 Å². The monoisotopic (exact) mass is 439 g/mol. The molecule has 4 rings (SSSR count). The van der Waals surface area contributed by atoms with Crippen molar-refractivity contribution in [1.29, 1.82) is 5.26 Å². The standard InChI is InChI=1S/C22H25N5O3S/c23-15-17-16-5-1-4-8-20(16)31-22(17)24-21(28)9-10-25-11-13-26(14-12-25)18-6-2-3-7-19(18)27(29)30/h2-3,6-7H,1,4-5,8-14H2,(H,24,28). The summed E-state index contributed by atoms with van der Waals surface area (Å²) in [6.07, 6.45) is 4.52. The highest BCUT2D eigenvalue weighted by atomic mass is 32.1. The zero-order chi connectivity index (χ0) is 21.8. The molecule has 0 radical (unpaired) electrons. The van der Waals surface area contributed by atoms with Crippen LogP contribution in [0.1, 0.15) is 35.3 Å². The van der Waals surface area contributed by atoms with E-state index in [1.165, 1.54) is 10.9 Å². The number of anilines is 2. The molecule has 2 aromatic rings. The van der Waals surface area contributed by atoms with Crippen LogP contribution in [-0.2, 0) is 17.6 Å². The Hall–Kier alpha value is -2.96. The Kier molecular flexibility index (Phi) is 6.49. The summed E-state index contributed by atoms with van der Waals surface area (Å²) >= 11 is 1.55. The van der Waals surface area contributed by atoms with E-state index in [-0.39, 0.29) is 16.5 Å². The number of amides is 1. The summed E-state index contributed by atoms with van der Waals surface area (Å²) in [4.78, 5) is 28.9. The highest BCUT2D eigenvalue weighted by molar-refractivity contribution is 7.16. The first-order valence-corrected chi connectivity index (χ1v) is 11.4. The molecular formula is C22H25N5O3S. The maximum atomic E-state index is 12.5. The van der Waals surface area contributed by atoms with Crippen LogP contribution in [0.15, 0.2) is 24.3 Å². The van der Waals surface area contributed by atoms with Gasteiger partial charge in [-0.3, -0.25) is 19.8 Å². The number of piperazine rings is 1. The number of aryl methyl sites for hydroxylation is 1. The normalized spacial score (nSPS) is 16.4. The number of fused-ring (bicyclic) bond motifs is 1. The minimum atomic E-state index is -0.343. The Morgan fingerprint density at radius 1 is 1.19 bits per heavy atom. The van der Waals surface area contributed by atoms with Crippen molar-refractivity contribution in [2.45, 2.75) is 32.1 Å². The van der Waals surface area contributed by atoms with Gasteiger partial charge in [-0.2, -0.15) is 5.26 Å². The molecule has 2 aliphatic rings. The number of nitrogens with zero attached hydrogens (tertiary/aromatic N) is 4. The van der Waals surface area contributed by atoms with E-state index in [4.69, 9.17) is 0 Å². The summed E-state index contributed by atoms with van der Waals surface area (Å²) in [5.74, 6) is -0.0729. The quantitative estimate of drug-likeness (QED) is 0.545. The predicted molar refractivity (Wildman–Crippen MR) is 121 cm³/mol. The SMILES string of the molecule is N#Cc1c(NC(=O)CCN2CCN(c3ccccc3[N+](=O)[O-])CC2)sc2c1CCCC2. The van der Waals surface area contributed by atoms with Crippen LogP contribution in [0.5, 0.6) is 0 Å². The van der Waals surface area contributed by atoms with E-state index in [1.807, 2.05) is 11.0 Å². The fraction of sp³-hybridized carbons (Fsp3) is 0.455. The smallest absolute Gasteiger partial charge is 0.292 e. The topological polar surface area (TPSA) is 103 Å². The Bertz CT molecular complexity index is 1020. The van der Waals surface area contributed by atoms with Crippen LogP contribution in [0.25, 0.3) is 0 Å². The molecule has 1 N–H and O–H groups in total. The number of nitro benzene ring substituents is 1. The molecule has 1 aliphatic carbocycles. The van der Waals surface area contributed by atoms with Gasteiger partial charge in [-0.25, -0.2) is 0 Å². The van der Waals surface area contributed by atoms with Gasteiger partial charge in [0.1, 0.15) is 16.8 Å². The lowest BCUT2D eigenvalue weighted by Crippen LogP contribution is -2.47. The van der Waals surface area contributed by atoms with E-state index >= 15 is 0 Å². The molecule has 1 fully saturated rings. The molecule has 162 valence electrons. The molecule has 0 bridgehead atoms. The summed E-state index contributed by atoms with van der Waals surface area (Å²) in [5, 5.41) is 24.5. The first kappa shape index (κ1) is 21.3. The van der Waals surface area contributed by atoms with Crippen molar-refractivity contribution in [2.24, 2.45) is 0 Å². The number of carbonyl (C=O) groups is 1. The third-order valence-corrected chi connectivity index (χ3v) is 7.19. The van der Waals surface area contributed by atoms with Crippen molar-refractivity contribution >= 4 is 33.6 Å². The zero-order valence-electron chi connectivity index (χ0n) is 17.3. The number of thiophene rings is 1. The number of benzene rings is 1. The van der Waals surface area contributed by atoms with Crippen molar-refractivity contribution in [1.82, 2.24) is 4.90 Å². The molecule has 8 nitrogen and oxygen atoms in total. The van der Waals surface area contributed by atoms with Crippen molar-refractivity contribution < 1.29 is 9.72 Å². The number of carbonyl (C=O) groups excluding carboxylic acids is 1. The molecule has 0 unspecified atom stereocenters. The third kappa shape index (κ3) is 4.70. The highest BCUT2D eigenvalue weighted by Gasteiger charge is 2.24. The van der Waals surface area contributed by atoms with Gasteiger partial charge < -0.3 is 10.2 Å². The average Bonchev–Trinajstić information content (AvgIpc) is 3.14. The van der Waals surface area contributed by atoms with Gasteiger partial charge >= 0.3 is 0 Å². The van der Waals surface area contributed by atoms with Crippen LogP contribution in [-0.4, -0.2) is 48.5 Å². The first-order chi connectivity index (χ1) is 15.1. The molecule has 1 amide bonds. The molecule has 1 aromatic carbocycles. The molecule has 1 saturated heterocycles. The Balaban J connectivity index is 1.29. The van der Waals surface area contributed by atoms with Crippen LogP contribution in [0.2, 0.25) is 0 Å². The lowest BCUT2D eigenvalue weighted by molar-refractivity contribution is -0.384. The van der Waals surface area contributed by atoms with Gasteiger partial charge in [0, 0.05) is 50.1 Å². The summed E-state index contributed by atoms with van der Waals surface area (Å²) in [5.41, 5.74) is 2.55. The van der Waals surface area contributed by atoms with E-state index in [1.54, 1.807) is 23.5 Å². The van der Waals surface area contributed by atoms with Crippen LogP contribution in [0.3, 0.4) is 0 Å². The summed E-state index contributed by atoms with van der Waals surface area (Å²) in [6, 6.07) is 9.09. The molecule has 31 heavy (non-hydrogen) atoms. The fourth-order valence-corrected chi connectivity index (χ4v) is 5.58. The van der Waals surface area contributed by atoms with Gasteiger partial charge in [0.05, 0.1) is 10.5 Å². The maximum Gasteiger partial charge on any atom is 0.292 e. The Labute approximate surface area is 185 Å². The zero-order valence-corrected chi connectivity index (χ0v) is 18.1. The molecule has 1 aliphatic heterocycles. The number of hydrogen-bond donors (Lipinski definition) is 1. The second kappa shape index (κ2) is 9.45. The molecular weight excluding hydrogens is 414 g/mol. The highest BCUT2D eigenvalue weighted by Crippen LogP contribution is 2.37. The summed E-state index contributed by atoms with van der Waals surface area (Å²) in [6.45, 7) is 3.49. The third-order valence-electron chi connectivity index (χ3n) is 5.98. The van der Waals surface area contributed by atoms with E-state index in [0.29, 0.717) is 42.3 Å². The van der Waals surface area contributed by atoms with Crippen molar-refractivity contribution in [3.63, 3.8) is 0 Å². The Morgan fingerprint density at radius 3 is 2.68 bits per heavy atom. The second-order valence-electron chi connectivity index (χ2n) is 7.90. The van der Waals surface area contributed by atoms with Crippen LogP contribution < -0.4 is 10.2 Å². The number of nitrogens with one attached hydrogen (secondary N) is 1. The molecule has 9 heteroatoms. The van der Waals surface area contributed by atoms with Gasteiger partial charge in [-0.05, 0) is 37.3 Å². The molecule has 0 spiro atoms. The predicted octanol–water partition coefficient (Wildman–Crippen LogP) is 3.56. The van der Waals surface area contributed by atoms with Crippen molar-refractivity contribution in [3.8, 4) is 6.07 Å². The largest absolute Gasteiger partial charge is 0.363 e. The van der Waals surface area contributed by atoms with Gasteiger partial charge in [-0.1, -0.05) is 12.1 Å². The lowest BCUT2D eigenvalue weighted by atomic mass is 9.96. The van der Waals surface area contributed by atoms with Gasteiger partial charge in [-0.15, -0.1) is 11.3 Å². The molecule has 1 aromatic heterocycles. The minimum absolute atomic E-state index is 0.0729. The Morgan fingerprint density at radius 2 is 1.94 bits per heavy atom. The first-order valence-electron chi connectivity index (χ1n) is 10.6. The number of nitriles is 1. The lowest BCUT2D eigenvalue weighted by Gasteiger charge is -2.35. The van der Waals surface area contributed by atoms with Crippen LogP contribution >= 0.6 is 11.3 Å². The minimum Gasteiger partial charge on any atom is -0.363 e. The van der Waals surface area contributed by atoms with E-state index in [0.717, 1.165) is 44.3 Å². The van der Waals surface area contributed by atoms with E-state index in [2.05, 4.69) is 16.3 Å².